The van der Waals surface area contributed by atoms with E-state index in [-0.39, 0.29) is 82.8 Å². The fourth-order valence-corrected chi connectivity index (χ4v) is 13.3. The molecule has 0 aromatic heterocycles. The predicted molar refractivity (Wildman–Crippen MR) is 175 cm³/mol. The molecule has 14 atom stereocenters. The van der Waals surface area contributed by atoms with E-state index in [1.165, 1.54) is 16.0 Å². The summed E-state index contributed by atoms with van der Waals surface area (Å²) < 4.78 is 5.54. The van der Waals surface area contributed by atoms with Crippen molar-refractivity contribution in [1.29, 1.82) is 0 Å². The lowest BCUT2D eigenvalue weighted by atomic mass is 9.54. The number of nitrogens with zero attached hydrogens (tertiary/aromatic N) is 6. The van der Waals surface area contributed by atoms with Crippen LogP contribution in [0.15, 0.2) is 34.9 Å². The fourth-order valence-electron chi connectivity index (χ4n) is 13.3. The average Bonchev–Trinajstić information content (AvgIpc) is 3.90. The molecule has 15 heteroatoms. The van der Waals surface area contributed by atoms with Gasteiger partial charge in [-0.3, -0.25) is 24.0 Å². The van der Waals surface area contributed by atoms with Gasteiger partial charge in [0, 0.05) is 11.8 Å². The second kappa shape index (κ2) is 9.54. The normalized spacial score (nSPS) is 47.8. The van der Waals surface area contributed by atoms with Gasteiger partial charge in [0.1, 0.15) is 12.5 Å². The number of aliphatic hydroxyl groups is 2. The van der Waals surface area contributed by atoms with Crippen molar-refractivity contribution < 1.29 is 29.4 Å². The molecule has 0 aromatic rings. The minimum Gasteiger partial charge on any atom is -0.374 e. The fraction of sp³-hybridized carbons (Fsp3) is 0.697. The molecule has 10 rings (SSSR count). The quantitative estimate of drug-likeness (QED) is 0.245. The zero-order chi connectivity index (χ0) is 33.6. The molecule has 0 aromatic carbocycles. The summed E-state index contributed by atoms with van der Waals surface area (Å²) in [5.41, 5.74) is 3.55. The first-order valence-electron chi connectivity index (χ1n) is 17.9. The van der Waals surface area contributed by atoms with Gasteiger partial charge >= 0.3 is 21.4 Å². The first-order valence-corrected chi connectivity index (χ1v) is 17.9. The maximum Gasteiger partial charge on any atom is 0.428 e. The van der Waals surface area contributed by atoms with Crippen LogP contribution in [0.2, 0.25) is 0 Å². The summed E-state index contributed by atoms with van der Waals surface area (Å²) in [6.45, 7) is 6.17. The van der Waals surface area contributed by atoms with E-state index < -0.39 is 45.6 Å². The van der Waals surface area contributed by atoms with Crippen LogP contribution in [0.5, 0.6) is 0 Å². The molecule has 2 N–H and O–H groups in total. The van der Waals surface area contributed by atoms with Gasteiger partial charge in [0.05, 0.1) is 23.7 Å². The van der Waals surface area contributed by atoms with Crippen molar-refractivity contribution in [2.75, 3.05) is 21.1 Å². The van der Waals surface area contributed by atoms with Gasteiger partial charge in [-0.1, -0.05) is 34.9 Å². The molecule has 7 fully saturated rings. The molecule has 4 saturated heterocycles. The molecule has 12 nitrogen and oxygen atoms in total. The zero-order valence-electron chi connectivity index (χ0n) is 28.4. The SMILES string of the molecule is CC1=CC2CC1C1C(=O)N(B3N(C)B(N4C(=O)C5C6CC(C=C6C)C5C4O)N(C)B(N4C(=O)C5C6CC(C=C6C)C5C4O)N3C)C(=O)C21. The Kier molecular flexibility index (Phi) is 5.99. The van der Waals surface area contributed by atoms with Gasteiger partial charge in [0.2, 0.25) is 23.6 Å². The van der Waals surface area contributed by atoms with Crippen molar-refractivity contribution in [1.82, 2.24) is 28.6 Å². The lowest BCUT2D eigenvalue weighted by molar-refractivity contribution is -0.136. The number of imide groups is 1. The van der Waals surface area contributed by atoms with E-state index in [1.807, 2.05) is 28.1 Å². The number of carbonyl (C=O) groups is 4. The highest BCUT2D eigenvalue weighted by atomic mass is 16.3. The summed E-state index contributed by atoms with van der Waals surface area (Å²) in [4.78, 5) is 62.2. The molecule has 3 saturated carbocycles. The van der Waals surface area contributed by atoms with Gasteiger partial charge in [0.25, 0.3) is 0 Å². The number of rotatable bonds is 3. The third-order valence-corrected chi connectivity index (χ3v) is 15.0. The summed E-state index contributed by atoms with van der Waals surface area (Å²) in [6, 6.07) is 0. The third-order valence-electron chi connectivity index (χ3n) is 15.0. The monoisotopic (exact) mass is 652 g/mol. The maximum absolute atomic E-state index is 14.5. The first kappa shape index (κ1) is 30.1. The molecule has 48 heavy (non-hydrogen) atoms. The standard InChI is InChI=1S/C33H43B3N6O6/c1-13-7-16-10-19(13)25-22(16)28(43)40(31(25)46)34-37(4)35(41-29(44)23-17-8-14(2)20(11-17)26(23)32(41)47)39(6)36(38(34)5)42-30(45)24-18-9-15(3)21(12-18)27(24)33(42)48/h7-9,16-29,43-44H,10-12H2,1-6H3. The molecule has 0 spiro atoms. The average molecular weight is 652 g/mol. The van der Waals surface area contributed by atoms with Gasteiger partial charge in [-0.25, -0.2) is 0 Å². The second-order valence-corrected chi connectivity index (χ2v) is 16.9. The van der Waals surface area contributed by atoms with Crippen LogP contribution >= 0.6 is 0 Å². The summed E-state index contributed by atoms with van der Waals surface area (Å²) in [5, 5.41) is 24.0. The molecular formula is C33H43B3N6O6. The lowest BCUT2D eigenvalue weighted by Gasteiger charge is -2.55. The number of aliphatic hydroxyl groups excluding tert-OH is 2. The number of fused-ring (bicyclic) bond motifs is 15. The van der Waals surface area contributed by atoms with Gasteiger partial charge in [-0.15, -0.1) is 0 Å². The zero-order valence-corrected chi connectivity index (χ0v) is 28.4. The maximum atomic E-state index is 14.5. The molecule has 6 aliphatic carbocycles. The number of hydrogen-bond acceptors (Lipinski definition) is 9. The van der Waals surface area contributed by atoms with Crippen molar-refractivity contribution in [3.05, 3.63) is 34.9 Å². The van der Waals surface area contributed by atoms with Gasteiger partial charge in [-0.2, -0.15) is 0 Å². The molecule has 4 amide bonds. The van der Waals surface area contributed by atoms with Crippen LogP contribution in [0.1, 0.15) is 40.0 Å². The van der Waals surface area contributed by atoms with Crippen LogP contribution < -0.4 is 0 Å². The topological polar surface area (TPSA) is 128 Å². The first-order chi connectivity index (χ1) is 22.8. The second-order valence-electron chi connectivity index (χ2n) is 16.9. The molecule has 14 unspecified atom stereocenters. The number of carbonyl (C=O) groups excluding carboxylic acids is 4. The summed E-state index contributed by atoms with van der Waals surface area (Å²) in [6.07, 6.45) is 6.95. The molecule has 4 aliphatic heterocycles. The smallest absolute Gasteiger partial charge is 0.374 e. The molecule has 0 radical (unpaired) electrons. The summed E-state index contributed by atoms with van der Waals surface area (Å²) in [7, 11) is 2.67. The number of allylic oxidation sites excluding steroid dienone is 6. The number of hydrogen-bond donors (Lipinski definition) is 2. The predicted octanol–water partition coefficient (Wildman–Crippen LogP) is -0.0747. The lowest BCUT2D eigenvalue weighted by Crippen LogP contribution is -2.86. The van der Waals surface area contributed by atoms with Crippen LogP contribution in [0.3, 0.4) is 0 Å². The van der Waals surface area contributed by atoms with Gasteiger partial charge < -0.3 is 34.0 Å². The van der Waals surface area contributed by atoms with Crippen LogP contribution in [-0.4, -0.2) is 117 Å². The largest absolute Gasteiger partial charge is 0.428 e. The Morgan fingerprint density at radius 1 is 0.542 bits per heavy atom. The van der Waals surface area contributed by atoms with E-state index in [4.69, 9.17) is 0 Å². The van der Waals surface area contributed by atoms with E-state index in [0.29, 0.717) is 0 Å². The number of amides is 4. The third kappa shape index (κ3) is 3.30. The molecule has 10 aliphatic rings. The Morgan fingerprint density at radius 3 is 1.40 bits per heavy atom. The molecule has 250 valence electrons. The molecule has 6 bridgehead atoms. The van der Waals surface area contributed by atoms with E-state index >= 15 is 0 Å². The van der Waals surface area contributed by atoms with Crippen molar-refractivity contribution in [2.24, 2.45) is 71.0 Å². The van der Waals surface area contributed by atoms with Crippen LogP contribution in [0, 0.1) is 71.0 Å². The van der Waals surface area contributed by atoms with Crippen molar-refractivity contribution in [2.45, 2.75) is 52.5 Å². The summed E-state index contributed by atoms with van der Waals surface area (Å²) in [5.74, 6) is -2.29. The Balaban J connectivity index is 1.06. The van der Waals surface area contributed by atoms with Crippen LogP contribution in [0.4, 0.5) is 0 Å². The Bertz CT molecular complexity index is 1610. The van der Waals surface area contributed by atoms with Crippen molar-refractivity contribution >= 4 is 45.0 Å². The van der Waals surface area contributed by atoms with Crippen LogP contribution in [-0.2, 0) is 19.2 Å². The van der Waals surface area contributed by atoms with E-state index in [9.17, 15) is 29.4 Å². The Labute approximate surface area is 282 Å². The van der Waals surface area contributed by atoms with E-state index in [0.717, 1.165) is 24.8 Å². The Morgan fingerprint density at radius 2 is 0.917 bits per heavy atom. The summed E-state index contributed by atoms with van der Waals surface area (Å²) >= 11 is 0. The molecule has 4 heterocycles. The van der Waals surface area contributed by atoms with Gasteiger partial charge in [0.15, 0.2) is 0 Å². The van der Waals surface area contributed by atoms with E-state index in [1.54, 1.807) is 23.7 Å². The van der Waals surface area contributed by atoms with Crippen LogP contribution in [0.25, 0.3) is 0 Å². The molecular weight excluding hydrogens is 609 g/mol. The van der Waals surface area contributed by atoms with Crippen molar-refractivity contribution in [3.8, 4) is 0 Å². The minimum absolute atomic E-state index is 0.0232. The highest BCUT2D eigenvalue weighted by molar-refractivity contribution is 6.86. The highest BCUT2D eigenvalue weighted by Crippen LogP contribution is 2.60. The van der Waals surface area contributed by atoms with Crippen molar-refractivity contribution in [3.63, 3.8) is 0 Å². The highest BCUT2D eigenvalue weighted by Gasteiger charge is 2.72. The Hall–Kier alpha value is -2.71. The van der Waals surface area contributed by atoms with Gasteiger partial charge in [-0.05, 0) is 96.7 Å². The minimum atomic E-state index is -1.07. The van der Waals surface area contributed by atoms with E-state index in [2.05, 4.69) is 32.1 Å².